The molecule has 7 nitrogen and oxygen atoms in total. The number of hydrogen-bond donors (Lipinski definition) is 2. The predicted octanol–water partition coefficient (Wildman–Crippen LogP) is 2.25. The van der Waals surface area contributed by atoms with Gasteiger partial charge in [-0.25, -0.2) is 9.97 Å². The summed E-state index contributed by atoms with van der Waals surface area (Å²) in [6.45, 7) is 1.92. The van der Waals surface area contributed by atoms with E-state index < -0.39 is 0 Å². The van der Waals surface area contributed by atoms with Crippen LogP contribution in [0, 0.1) is 0 Å². The summed E-state index contributed by atoms with van der Waals surface area (Å²) < 4.78 is 1.74. The van der Waals surface area contributed by atoms with E-state index in [1.807, 2.05) is 25.1 Å². The molecule has 0 spiro atoms. The Balaban J connectivity index is 1.51. The third kappa shape index (κ3) is 3.06. The van der Waals surface area contributed by atoms with E-state index in [1.54, 1.807) is 41.6 Å². The van der Waals surface area contributed by atoms with Crippen LogP contribution in [0.2, 0.25) is 0 Å². The second kappa shape index (κ2) is 6.44. The third-order valence-electron chi connectivity index (χ3n) is 4.38. The maximum atomic E-state index is 12.6. The number of rotatable bonds is 4. The van der Waals surface area contributed by atoms with Gasteiger partial charge in [0.2, 0.25) is 5.91 Å². The van der Waals surface area contributed by atoms with Gasteiger partial charge in [0.25, 0.3) is 5.91 Å². The molecule has 2 N–H and O–H groups in total. The molecule has 1 atom stereocenters. The number of benzene rings is 1. The molecule has 1 unspecified atom stereocenters. The summed E-state index contributed by atoms with van der Waals surface area (Å²) in [4.78, 5) is 32.3. The maximum absolute atomic E-state index is 12.6. The number of imidazole rings is 1. The highest BCUT2D eigenvalue weighted by Crippen LogP contribution is 2.26. The van der Waals surface area contributed by atoms with Gasteiger partial charge >= 0.3 is 0 Å². The van der Waals surface area contributed by atoms with Crippen LogP contribution in [0.4, 0.5) is 5.69 Å². The van der Waals surface area contributed by atoms with Crippen LogP contribution in [0.15, 0.2) is 55.2 Å². The Hall–Kier alpha value is -3.48. The van der Waals surface area contributed by atoms with Gasteiger partial charge in [-0.3, -0.25) is 14.2 Å². The minimum Gasteiger partial charge on any atom is -0.346 e. The third-order valence-corrected chi connectivity index (χ3v) is 4.38. The van der Waals surface area contributed by atoms with Crippen LogP contribution in [-0.2, 0) is 11.2 Å². The van der Waals surface area contributed by atoms with Gasteiger partial charge in [0.15, 0.2) is 0 Å². The molecule has 0 radical (unpaired) electrons. The van der Waals surface area contributed by atoms with Crippen LogP contribution in [0.3, 0.4) is 0 Å². The van der Waals surface area contributed by atoms with Crippen LogP contribution in [-0.4, -0.2) is 26.3 Å². The molecule has 0 saturated carbocycles. The van der Waals surface area contributed by atoms with Gasteiger partial charge in [-0.05, 0) is 36.2 Å². The van der Waals surface area contributed by atoms with Gasteiger partial charge in [-0.15, -0.1) is 0 Å². The molecule has 7 heteroatoms. The summed E-state index contributed by atoms with van der Waals surface area (Å²) in [5, 5.41) is 5.80. The Morgan fingerprint density at radius 2 is 2.15 bits per heavy atom. The monoisotopic (exact) mass is 347 g/mol. The lowest BCUT2D eigenvalue weighted by Crippen LogP contribution is -2.26. The largest absolute Gasteiger partial charge is 0.346 e. The van der Waals surface area contributed by atoms with Crippen LogP contribution in [0.1, 0.15) is 34.5 Å². The van der Waals surface area contributed by atoms with Crippen molar-refractivity contribution < 1.29 is 9.59 Å². The molecule has 1 aliphatic rings. The molecule has 2 amide bonds. The summed E-state index contributed by atoms with van der Waals surface area (Å²) in [5.74, 6) is 0.443. The smallest absolute Gasteiger partial charge is 0.251 e. The fourth-order valence-corrected chi connectivity index (χ4v) is 2.98. The molecular weight excluding hydrogens is 330 g/mol. The fraction of sp³-hybridized carbons (Fsp3) is 0.158. The van der Waals surface area contributed by atoms with Gasteiger partial charge in [0, 0.05) is 29.8 Å². The van der Waals surface area contributed by atoms with Crippen molar-refractivity contribution in [2.75, 3.05) is 5.32 Å². The topological polar surface area (TPSA) is 88.9 Å². The van der Waals surface area contributed by atoms with Gasteiger partial charge in [-0.1, -0.05) is 12.1 Å². The molecule has 1 aliphatic heterocycles. The van der Waals surface area contributed by atoms with Gasteiger partial charge in [0.1, 0.15) is 12.1 Å². The van der Waals surface area contributed by atoms with Crippen LogP contribution in [0.25, 0.3) is 5.82 Å². The number of carbonyl (C=O) groups is 2. The average molecular weight is 347 g/mol. The lowest BCUT2D eigenvalue weighted by atomic mass is 10.0. The number of nitrogens with one attached hydrogen (secondary N) is 2. The highest BCUT2D eigenvalue weighted by atomic mass is 16.2. The summed E-state index contributed by atoms with van der Waals surface area (Å²) in [7, 11) is 0. The maximum Gasteiger partial charge on any atom is 0.251 e. The molecule has 3 aromatic rings. The molecule has 4 rings (SSSR count). The van der Waals surface area contributed by atoms with Crippen molar-refractivity contribution >= 4 is 17.5 Å². The number of fused-ring (bicyclic) bond motifs is 1. The molecule has 130 valence electrons. The van der Waals surface area contributed by atoms with E-state index >= 15 is 0 Å². The summed E-state index contributed by atoms with van der Waals surface area (Å²) in [6.07, 6.45) is 7.03. The second-order valence-electron chi connectivity index (χ2n) is 6.21. The zero-order valence-corrected chi connectivity index (χ0v) is 14.1. The van der Waals surface area contributed by atoms with E-state index in [4.69, 9.17) is 0 Å². The van der Waals surface area contributed by atoms with Crippen molar-refractivity contribution in [3.8, 4) is 5.82 Å². The number of hydrogen-bond acceptors (Lipinski definition) is 4. The molecule has 0 bridgehead atoms. The first-order valence-corrected chi connectivity index (χ1v) is 8.28. The highest BCUT2D eigenvalue weighted by molar-refractivity contribution is 5.99. The van der Waals surface area contributed by atoms with Gasteiger partial charge < -0.3 is 10.6 Å². The van der Waals surface area contributed by atoms with Crippen LogP contribution >= 0.6 is 0 Å². The Labute approximate surface area is 150 Å². The van der Waals surface area contributed by atoms with E-state index in [0.717, 1.165) is 16.8 Å². The Bertz CT molecular complexity index is 981. The van der Waals surface area contributed by atoms with Crippen molar-refractivity contribution in [1.29, 1.82) is 0 Å². The molecule has 2 aromatic heterocycles. The molecule has 0 aliphatic carbocycles. The van der Waals surface area contributed by atoms with Gasteiger partial charge in [0.05, 0.1) is 12.5 Å². The number of anilines is 1. The SMILES string of the molecule is CC(NC(=O)c1ccnc(-n2ccnc2)c1)c1ccc2c(c1)CC(=O)N2. The zero-order chi connectivity index (χ0) is 18.1. The van der Waals surface area contributed by atoms with E-state index in [2.05, 4.69) is 20.6 Å². The zero-order valence-electron chi connectivity index (χ0n) is 14.1. The number of carbonyl (C=O) groups excluding carboxylic acids is 2. The van der Waals surface area contributed by atoms with Crippen LogP contribution in [0.5, 0.6) is 0 Å². The Kier molecular flexibility index (Phi) is 3.96. The second-order valence-corrected chi connectivity index (χ2v) is 6.21. The van der Waals surface area contributed by atoms with Crippen molar-refractivity contribution in [2.45, 2.75) is 19.4 Å². The van der Waals surface area contributed by atoms with Crippen molar-refractivity contribution in [3.05, 3.63) is 71.9 Å². The number of pyridine rings is 1. The Morgan fingerprint density at radius 3 is 2.96 bits per heavy atom. The predicted molar refractivity (Wildman–Crippen MR) is 96.0 cm³/mol. The molecule has 1 aromatic carbocycles. The molecular formula is C19H17N5O2. The van der Waals surface area contributed by atoms with E-state index in [-0.39, 0.29) is 17.9 Å². The quantitative estimate of drug-likeness (QED) is 0.758. The first kappa shape index (κ1) is 16.0. The molecule has 0 fully saturated rings. The fourth-order valence-electron chi connectivity index (χ4n) is 2.98. The molecule has 0 saturated heterocycles. The van der Waals surface area contributed by atoms with Gasteiger partial charge in [-0.2, -0.15) is 0 Å². The first-order valence-electron chi connectivity index (χ1n) is 8.28. The summed E-state index contributed by atoms with van der Waals surface area (Å²) in [5.41, 5.74) is 3.28. The summed E-state index contributed by atoms with van der Waals surface area (Å²) >= 11 is 0. The normalized spacial score (nSPS) is 13.8. The minimum atomic E-state index is -0.187. The highest BCUT2D eigenvalue weighted by Gasteiger charge is 2.19. The van der Waals surface area contributed by atoms with Crippen molar-refractivity contribution in [2.24, 2.45) is 0 Å². The standard InChI is InChI=1S/C19H17N5O2/c1-12(13-2-3-16-15(8-13)10-18(25)23-16)22-19(26)14-4-5-21-17(9-14)24-7-6-20-11-24/h2-9,11-12H,10H2,1H3,(H,22,26)(H,23,25). The first-order chi connectivity index (χ1) is 12.6. The van der Waals surface area contributed by atoms with Crippen LogP contribution < -0.4 is 10.6 Å². The number of nitrogens with zero attached hydrogens (tertiary/aromatic N) is 3. The van der Waals surface area contributed by atoms with E-state index in [0.29, 0.717) is 17.8 Å². The molecule has 26 heavy (non-hydrogen) atoms. The van der Waals surface area contributed by atoms with Crippen molar-refractivity contribution in [1.82, 2.24) is 19.9 Å². The summed E-state index contributed by atoms with van der Waals surface area (Å²) in [6, 6.07) is 8.96. The van der Waals surface area contributed by atoms with E-state index in [1.165, 1.54) is 0 Å². The number of aromatic nitrogens is 3. The molecule has 3 heterocycles. The van der Waals surface area contributed by atoms with Crippen molar-refractivity contribution in [3.63, 3.8) is 0 Å². The lowest BCUT2D eigenvalue weighted by Gasteiger charge is -2.15. The minimum absolute atomic E-state index is 0.00217. The Morgan fingerprint density at radius 1 is 1.27 bits per heavy atom. The number of amides is 2. The lowest BCUT2D eigenvalue weighted by molar-refractivity contribution is -0.115. The average Bonchev–Trinajstić information content (AvgIpc) is 3.29. The van der Waals surface area contributed by atoms with E-state index in [9.17, 15) is 9.59 Å².